The van der Waals surface area contributed by atoms with E-state index in [9.17, 15) is 14.4 Å². The smallest absolute Gasteiger partial charge is 0.185 e. The molecule has 1 fully saturated rings. The Hall–Kier alpha value is -4.64. The minimum atomic E-state index is -1.70. The molecule has 5 heteroatoms. The van der Waals surface area contributed by atoms with Gasteiger partial charge < -0.3 is 4.90 Å². The van der Waals surface area contributed by atoms with Crippen LogP contribution in [0.2, 0.25) is 0 Å². The molecule has 0 saturated carbocycles. The molecule has 0 bridgehead atoms. The molecule has 2 aliphatic heterocycles. The molecule has 0 amide bonds. The summed E-state index contributed by atoms with van der Waals surface area (Å²) in [4.78, 5) is 45.3. The topological polar surface area (TPSA) is 54.5 Å². The summed E-state index contributed by atoms with van der Waals surface area (Å²) in [6.45, 7) is 0. The van der Waals surface area contributed by atoms with Crippen LogP contribution in [0.15, 0.2) is 109 Å². The minimum absolute atomic E-state index is 0.191. The van der Waals surface area contributed by atoms with Gasteiger partial charge in [0.05, 0.1) is 6.04 Å². The van der Waals surface area contributed by atoms with Gasteiger partial charge in [-0.3, -0.25) is 14.4 Å². The number of anilines is 1. The van der Waals surface area contributed by atoms with Gasteiger partial charge in [-0.05, 0) is 23.3 Å². The van der Waals surface area contributed by atoms with Crippen molar-refractivity contribution in [3.05, 3.63) is 143 Å². The van der Waals surface area contributed by atoms with Crippen LogP contribution in [0, 0.1) is 11.2 Å². The van der Waals surface area contributed by atoms with Crippen LogP contribution in [-0.2, 0) is 0 Å². The van der Waals surface area contributed by atoms with Crippen LogP contribution in [0.25, 0.3) is 6.08 Å². The average molecular weight is 500 g/mol. The molecule has 7 rings (SSSR count). The highest BCUT2D eigenvalue weighted by Crippen LogP contribution is 2.61. The van der Waals surface area contributed by atoms with E-state index in [1.165, 1.54) is 6.07 Å². The van der Waals surface area contributed by atoms with E-state index < -0.39 is 29.2 Å². The number of hydrogen-bond donors (Lipinski definition) is 0. The van der Waals surface area contributed by atoms with Gasteiger partial charge in [-0.1, -0.05) is 103 Å². The van der Waals surface area contributed by atoms with Crippen molar-refractivity contribution < 1.29 is 18.8 Å². The fraction of sp³-hybridized carbons (Fsp3) is 0.121. The van der Waals surface area contributed by atoms with Crippen molar-refractivity contribution in [3.63, 3.8) is 0 Å². The Bertz CT molecular complexity index is 1640. The molecule has 2 heterocycles. The van der Waals surface area contributed by atoms with Crippen molar-refractivity contribution in [1.82, 2.24) is 0 Å². The Balaban J connectivity index is 1.57. The third-order valence-electron chi connectivity index (χ3n) is 8.28. The summed E-state index contributed by atoms with van der Waals surface area (Å²) in [5, 5.41) is 0. The first kappa shape index (κ1) is 22.5. The van der Waals surface area contributed by atoms with E-state index in [-0.39, 0.29) is 22.9 Å². The molecule has 38 heavy (non-hydrogen) atoms. The average Bonchev–Trinajstić information content (AvgIpc) is 3.39. The van der Waals surface area contributed by atoms with E-state index in [0.717, 1.165) is 11.3 Å². The van der Waals surface area contributed by atoms with Crippen LogP contribution in [0.1, 0.15) is 48.1 Å². The molecule has 4 aromatic carbocycles. The fourth-order valence-corrected chi connectivity index (χ4v) is 6.76. The lowest BCUT2D eigenvalue weighted by atomic mass is 9.64. The SMILES string of the molecule is O=C(c1ccccc1)[C@@H]1[C@@H](c2ccccc2F)C2(C(=O)c3ccccc3C2=O)[C@H]2C=Cc3ccccc3N12. The highest BCUT2D eigenvalue weighted by atomic mass is 19.1. The number of rotatable bonds is 3. The van der Waals surface area contributed by atoms with E-state index in [1.807, 2.05) is 47.4 Å². The maximum atomic E-state index is 15.7. The molecule has 184 valence electrons. The van der Waals surface area contributed by atoms with Gasteiger partial charge in [0, 0.05) is 28.3 Å². The number of carbonyl (C=O) groups is 3. The Morgan fingerprint density at radius 3 is 2.05 bits per heavy atom. The maximum absolute atomic E-state index is 15.7. The second-order valence-electron chi connectivity index (χ2n) is 10.0. The zero-order valence-electron chi connectivity index (χ0n) is 20.3. The number of benzene rings is 4. The van der Waals surface area contributed by atoms with E-state index in [1.54, 1.807) is 66.7 Å². The molecule has 4 aromatic rings. The predicted molar refractivity (Wildman–Crippen MR) is 143 cm³/mol. The number of hydrogen-bond acceptors (Lipinski definition) is 4. The van der Waals surface area contributed by atoms with Crippen molar-refractivity contribution in [2.24, 2.45) is 5.41 Å². The van der Waals surface area contributed by atoms with Gasteiger partial charge in [-0.15, -0.1) is 0 Å². The van der Waals surface area contributed by atoms with Crippen LogP contribution >= 0.6 is 0 Å². The second kappa shape index (κ2) is 8.18. The Kier molecular flexibility index (Phi) is 4.86. The van der Waals surface area contributed by atoms with Gasteiger partial charge in [0.15, 0.2) is 17.3 Å². The maximum Gasteiger partial charge on any atom is 0.185 e. The summed E-state index contributed by atoms with van der Waals surface area (Å²) in [7, 11) is 0. The summed E-state index contributed by atoms with van der Waals surface area (Å²) in [6, 6.07) is 27.6. The summed E-state index contributed by atoms with van der Waals surface area (Å²) in [6.07, 6.45) is 3.74. The van der Waals surface area contributed by atoms with Crippen LogP contribution in [0.5, 0.6) is 0 Å². The summed E-state index contributed by atoms with van der Waals surface area (Å²) in [5.41, 5.74) is 1.18. The number of fused-ring (bicyclic) bond motifs is 5. The predicted octanol–water partition coefficient (Wildman–Crippen LogP) is 6.14. The van der Waals surface area contributed by atoms with Gasteiger partial charge in [-0.2, -0.15) is 0 Å². The van der Waals surface area contributed by atoms with Crippen LogP contribution in [-0.4, -0.2) is 29.4 Å². The first-order chi connectivity index (χ1) is 18.5. The summed E-state index contributed by atoms with van der Waals surface area (Å²) < 4.78 is 15.7. The molecule has 1 aliphatic carbocycles. The van der Waals surface area contributed by atoms with Crippen LogP contribution < -0.4 is 4.90 Å². The normalized spacial score (nSPS) is 22.3. The van der Waals surface area contributed by atoms with E-state index in [4.69, 9.17) is 0 Å². The second-order valence-corrected chi connectivity index (χ2v) is 10.0. The lowest BCUT2D eigenvalue weighted by Crippen LogP contribution is -2.48. The standard InChI is InChI=1S/C33H22FNO3/c34-25-16-8-7-15-24(25)28-29(30(36)21-11-2-1-3-12-21)35-26-17-9-4-10-20(26)18-19-27(35)33(28)31(37)22-13-5-6-14-23(22)32(33)38/h1-19,27-29H/t27-,28-,29+/m1/s1. The van der Waals surface area contributed by atoms with E-state index in [0.29, 0.717) is 16.7 Å². The Labute approximate surface area is 219 Å². The number of ketones is 3. The molecular formula is C33H22FNO3. The minimum Gasteiger partial charge on any atom is -0.352 e. The van der Waals surface area contributed by atoms with Crippen molar-refractivity contribution in [2.45, 2.75) is 18.0 Å². The van der Waals surface area contributed by atoms with E-state index >= 15 is 4.39 Å². The lowest BCUT2D eigenvalue weighted by molar-refractivity contribution is 0.0664. The third kappa shape index (κ3) is 2.81. The van der Waals surface area contributed by atoms with Gasteiger partial charge in [0.1, 0.15) is 17.3 Å². The monoisotopic (exact) mass is 499 g/mol. The molecule has 3 atom stereocenters. The number of Topliss-reactive ketones (excluding diaryl/α,β-unsaturated/α-hetero) is 3. The van der Waals surface area contributed by atoms with Gasteiger partial charge in [-0.25, -0.2) is 4.39 Å². The zero-order valence-corrected chi connectivity index (χ0v) is 20.3. The molecule has 4 nitrogen and oxygen atoms in total. The van der Waals surface area contributed by atoms with Gasteiger partial charge in [0.2, 0.25) is 0 Å². The van der Waals surface area contributed by atoms with Crippen molar-refractivity contribution >= 4 is 29.1 Å². The van der Waals surface area contributed by atoms with Crippen molar-refractivity contribution in [3.8, 4) is 0 Å². The highest BCUT2D eigenvalue weighted by Gasteiger charge is 2.71. The Morgan fingerprint density at radius 1 is 0.737 bits per heavy atom. The number of para-hydroxylation sites is 1. The fourth-order valence-electron chi connectivity index (χ4n) is 6.76. The van der Waals surface area contributed by atoms with Crippen molar-refractivity contribution in [1.29, 1.82) is 0 Å². The molecular weight excluding hydrogens is 477 g/mol. The zero-order chi connectivity index (χ0) is 26.0. The molecule has 3 aliphatic rings. The third-order valence-corrected chi connectivity index (χ3v) is 8.28. The summed E-state index contributed by atoms with van der Waals surface area (Å²) >= 11 is 0. The largest absolute Gasteiger partial charge is 0.352 e. The van der Waals surface area contributed by atoms with Gasteiger partial charge >= 0.3 is 0 Å². The first-order valence-electron chi connectivity index (χ1n) is 12.6. The summed E-state index contributed by atoms with van der Waals surface area (Å²) in [5.74, 6) is -2.59. The number of nitrogens with zero attached hydrogens (tertiary/aromatic N) is 1. The quantitative estimate of drug-likeness (QED) is 0.251. The molecule has 1 spiro atoms. The molecule has 0 aromatic heterocycles. The first-order valence-corrected chi connectivity index (χ1v) is 12.6. The van der Waals surface area contributed by atoms with Crippen LogP contribution in [0.3, 0.4) is 0 Å². The number of halogens is 1. The number of carbonyl (C=O) groups excluding carboxylic acids is 3. The molecule has 1 saturated heterocycles. The molecule has 0 unspecified atom stereocenters. The van der Waals surface area contributed by atoms with Gasteiger partial charge in [0.25, 0.3) is 0 Å². The lowest BCUT2D eigenvalue weighted by Gasteiger charge is -2.37. The van der Waals surface area contributed by atoms with E-state index in [2.05, 4.69) is 0 Å². The van der Waals surface area contributed by atoms with Crippen molar-refractivity contribution in [2.75, 3.05) is 4.90 Å². The molecule has 0 radical (unpaired) electrons. The highest BCUT2D eigenvalue weighted by molar-refractivity contribution is 6.32. The Morgan fingerprint density at radius 2 is 1.34 bits per heavy atom. The molecule has 0 N–H and O–H groups in total. The van der Waals surface area contributed by atoms with Crippen LogP contribution in [0.4, 0.5) is 10.1 Å².